The summed E-state index contributed by atoms with van der Waals surface area (Å²) in [6.07, 6.45) is 8.88. The molecule has 0 saturated heterocycles. The molecule has 2 aromatic rings. The number of anilines is 3. The quantitative estimate of drug-likeness (QED) is 0.605. The number of nitrogens with two attached hydrogens (primary N) is 1. The van der Waals surface area contributed by atoms with Gasteiger partial charge in [-0.05, 0) is 38.5 Å². The van der Waals surface area contributed by atoms with Crippen LogP contribution in [-0.4, -0.2) is 48.3 Å². The van der Waals surface area contributed by atoms with Gasteiger partial charge in [0.05, 0.1) is 20.8 Å². The van der Waals surface area contributed by atoms with Gasteiger partial charge in [-0.1, -0.05) is 12.8 Å². The minimum Gasteiger partial charge on any atom is -0.493 e. The number of fused-ring (bicyclic) bond motifs is 1. The standard InChI is InChI=1S/C25H32F2N6O3/c1-35-18-11-19(36-2)21(27)22(20(18)26)32-13-14-12-29-24(30-16-9-7-15(28)8-10-16)31-23(14)33(25(32)34)17-5-3-4-6-17/h11-12,15-17H,3-10,13,28H2,1-2H3,(H,29,30,31). The number of benzene rings is 1. The first-order chi connectivity index (χ1) is 17.4. The molecule has 1 aromatic heterocycles. The number of hydrogen-bond acceptors (Lipinski definition) is 7. The second-order valence-electron chi connectivity index (χ2n) is 9.73. The molecule has 9 nitrogen and oxygen atoms in total. The summed E-state index contributed by atoms with van der Waals surface area (Å²) in [4.78, 5) is 25.7. The molecule has 0 spiro atoms. The van der Waals surface area contributed by atoms with Crippen molar-refractivity contribution in [3.05, 3.63) is 29.5 Å². The SMILES string of the molecule is COc1cc(OC)c(F)c(N2Cc3cnc(NC4CCC(N)CC4)nc3N(C3CCCC3)C2=O)c1F. The summed E-state index contributed by atoms with van der Waals surface area (Å²) in [5.74, 6) is -1.42. The van der Waals surface area contributed by atoms with Crippen LogP contribution in [0.15, 0.2) is 12.3 Å². The zero-order chi connectivity index (χ0) is 25.4. The molecule has 1 aromatic carbocycles. The number of ether oxygens (including phenoxy) is 2. The maximum Gasteiger partial charge on any atom is 0.330 e. The van der Waals surface area contributed by atoms with Crippen molar-refractivity contribution in [1.29, 1.82) is 0 Å². The van der Waals surface area contributed by atoms with Crippen molar-refractivity contribution in [2.45, 2.75) is 76.0 Å². The van der Waals surface area contributed by atoms with Gasteiger partial charge in [0.15, 0.2) is 23.1 Å². The van der Waals surface area contributed by atoms with E-state index in [0.29, 0.717) is 17.3 Å². The molecule has 2 aliphatic carbocycles. The summed E-state index contributed by atoms with van der Waals surface area (Å²) in [7, 11) is 2.56. The first kappa shape index (κ1) is 24.5. The summed E-state index contributed by atoms with van der Waals surface area (Å²) < 4.78 is 40.9. The molecule has 0 radical (unpaired) electrons. The van der Waals surface area contributed by atoms with Crippen LogP contribution in [0.25, 0.3) is 0 Å². The normalized spacial score (nSPS) is 22.5. The Hall–Kier alpha value is -3.21. The summed E-state index contributed by atoms with van der Waals surface area (Å²) in [5, 5.41) is 3.39. The van der Waals surface area contributed by atoms with Gasteiger partial charge < -0.3 is 20.5 Å². The fraction of sp³-hybridized carbons (Fsp3) is 0.560. The van der Waals surface area contributed by atoms with Gasteiger partial charge in [-0.25, -0.2) is 18.6 Å². The maximum atomic E-state index is 15.4. The van der Waals surface area contributed by atoms with Gasteiger partial charge >= 0.3 is 6.03 Å². The molecule has 1 aliphatic heterocycles. The Morgan fingerprint density at radius 3 is 2.28 bits per heavy atom. The molecule has 2 saturated carbocycles. The second-order valence-corrected chi connectivity index (χ2v) is 9.73. The third-order valence-electron chi connectivity index (χ3n) is 7.45. The minimum atomic E-state index is -0.964. The molecular weight excluding hydrogens is 470 g/mol. The Labute approximate surface area is 209 Å². The Morgan fingerprint density at radius 1 is 1.03 bits per heavy atom. The molecule has 2 amide bonds. The third kappa shape index (κ3) is 4.40. The maximum absolute atomic E-state index is 15.4. The summed E-state index contributed by atoms with van der Waals surface area (Å²) in [6.45, 7) is -0.0832. The number of carbonyl (C=O) groups is 1. The largest absolute Gasteiger partial charge is 0.493 e. The summed E-state index contributed by atoms with van der Waals surface area (Å²) in [5.41, 5.74) is 6.13. The van der Waals surface area contributed by atoms with E-state index in [4.69, 9.17) is 20.2 Å². The number of rotatable bonds is 6. The molecule has 2 fully saturated rings. The zero-order valence-electron chi connectivity index (χ0n) is 20.6. The van der Waals surface area contributed by atoms with Crippen LogP contribution in [0.3, 0.4) is 0 Å². The summed E-state index contributed by atoms with van der Waals surface area (Å²) in [6, 6.07) is 0.921. The number of halogens is 2. The van der Waals surface area contributed by atoms with Gasteiger partial charge in [0, 0.05) is 36.0 Å². The average molecular weight is 503 g/mol. The number of carbonyl (C=O) groups excluding carboxylic acids is 1. The van der Waals surface area contributed by atoms with Crippen molar-refractivity contribution >= 4 is 23.5 Å². The van der Waals surface area contributed by atoms with E-state index >= 15 is 8.78 Å². The highest BCUT2D eigenvalue weighted by Crippen LogP contribution is 2.42. The molecule has 3 N–H and O–H groups in total. The van der Waals surface area contributed by atoms with Crippen molar-refractivity contribution in [3.63, 3.8) is 0 Å². The fourth-order valence-corrected chi connectivity index (χ4v) is 5.47. The Morgan fingerprint density at radius 2 is 1.67 bits per heavy atom. The lowest BCUT2D eigenvalue weighted by Gasteiger charge is -2.39. The highest BCUT2D eigenvalue weighted by atomic mass is 19.1. The molecule has 36 heavy (non-hydrogen) atoms. The van der Waals surface area contributed by atoms with Crippen LogP contribution in [0.4, 0.5) is 31.0 Å². The van der Waals surface area contributed by atoms with Crippen LogP contribution in [-0.2, 0) is 6.54 Å². The smallest absolute Gasteiger partial charge is 0.330 e. The Balaban J connectivity index is 1.53. The van der Waals surface area contributed by atoms with E-state index in [0.717, 1.165) is 62.3 Å². The number of hydrogen-bond donors (Lipinski definition) is 2. The number of nitrogens with one attached hydrogen (secondary N) is 1. The number of nitrogens with zero attached hydrogens (tertiary/aromatic N) is 4. The van der Waals surface area contributed by atoms with E-state index < -0.39 is 23.4 Å². The first-order valence-electron chi connectivity index (χ1n) is 12.5. The van der Waals surface area contributed by atoms with Crippen molar-refractivity contribution < 1.29 is 23.0 Å². The third-order valence-corrected chi connectivity index (χ3v) is 7.45. The lowest BCUT2D eigenvalue weighted by atomic mass is 9.92. The van der Waals surface area contributed by atoms with Crippen LogP contribution in [0.1, 0.15) is 56.9 Å². The lowest BCUT2D eigenvalue weighted by molar-refractivity contribution is 0.246. The molecule has 5 rings (SSSR count). The lowest BCUT2D eigenvalue weighted by Crippen LogP contribution is -2.52. The first-order valence-corrected chi connectivity index (χ1v) is 12.5. The number of amides is 2. The van der Waals surface area contributed by atoms with E-state index in [1.54, 1.807) is 11.1 Å². The molecule has 0 atom stereocenters. The zero-order valence-corrected chi connectivity index (χ0v) is 20.6. The van der Waals surface area contributed by atoms with Crippen molar-refractivity contribution in [2.24, 2.45) is 5.73 Å². The number of urea groups is 1. The molecule has 0 unspecified atom stereocenters. The predicted octanol–water partition coefficient (Wildman–Crippen LogP) is 4.34. The van der Waals surface area contributed by atoms with E-state index in [1.165, 1.54) is 14.2 Å². The van der Waals surface area contributed by atoms with Gasteiger partial charge in [-0.3, -0.25) is 9.80 Å². The molecular formula is C25H32F2N6O3. The van der Waals surface area contributed by atoms with Crippen LogP contribution < -0.4 is 30.3 Å². The van der Waals surface area contributed by atoms with Crippen molar-refractivity contribution in [2.75, 3.05) is 29.3 Å². The molecule has 2 heterocycles. The Kier molecular flexibility index (Phi) is 6.83. The van der Waals surface area contributed by atoms with E-state index in [2.05, 4.69) is 10.3 Å². The fourth-order valence-electron chi connectivity index (χ4n) is 5.47. The molecule has 194 valence electrons. The number of aromatic nitrogens is 2. The van der Waals surface area contributed by atoms with Crippen molar-refractivity contribution in [1.82, 2.24) is 9.97 Å². The molecule has 3 aliphatic rings. The number of methoxy groups -OCH3 is 2. The highest BCUT2D eigenvalue weighted by Gasteiger charge is 2.41. The van der Waals surface area contributed by atoms with E-state index in [-0.39, 0.29) is 36.2 Å². The highest BCUT2D eigenvalue weighted by molar-refractivity contribution is 6.06. The monoisotopic (exact) mass is 502 g/mol. The second kappa shape index (κ2) is 10.0. The minimum absolute atomic E-state index is 0.0832. The van der Waals surface area contributed by atoms with E-state index in [1.807, 2.05) is 0 Å². The topological polar surface area (TPSA) is 106 Å². The molecule has 0 bridgehead atoms. The van der Waals surface area contributed by atoms with Crippen LogP contribution in [0.5, 0.6) is 11.5 Å². The Bertz CT molecular complexity index is 1110. The van der Waals surface area contributed by atoms with Crippen LogP contribution >= 0.6 is 0 Å². The van der Waals surface area contributed by atoms with Gasteiger partial charge in [-0.15, -0.1) is 0 Å². The van der Waals surface area contributed by atoms with E-state index in [9.17, 15) is 4.79 Å². The van der Waals surface area contributed by atoms with Gasteiger partial charge in [0.1, 0.15) is 11.5 Å². The van der Waals surface area contributed by atoms with Crippen molar-refractivity contribution in [3.8, 4) is 11.5 Å². The average Bonchev–Trinajstić information content (AvgIpc) is 3.40. The van der Waals surface area contributed by atoms with Crippen LogP contribution in [0, 0.1) is 11.6 Å². The molecule has 11 heteroatoms. The summed E-state index contributed by atoms with van der Waals surface area (Å²) >= 11 is 0. The van der Waals surface area contributed by atoms with Gasteiger partial charge in [0.25, 0.3) is 0 Å². The van der Waals surface area contributed by atoms with Crippen LogP contribution in [0.2, 0.25) is 0 Å². The van der Waals surface area contributed by atoms with Gasteiger partial charge in [0.2, 0.25) is 5.95 Å². The van der Waals surface area contributed by atoms with Gasteiger partial charge in [-0.2, -0.15) is 4.98 Å². The predicted molar refractivity (Wildman–Crippen MR) is 132 cm³/mol.